The molecule has 0 fully saturated rings. The van der Waals surface area contributed by atoms with Crippen molar-refractivity contribution in [2.75, 3.05) is 5.75 Å². The van der Waals surface area contributed by atoms with Crippen molar-refractivity contribution in [2.24, 2.45) is 0 Å². The minimum absolute atomic E-state index is 0.0588. The van der Waals surface area contributed by atoms with Crippen LogP contribution in [0, 0.1) is 6.92 Å². The number of hydrogen-bond donors (Lipinski definition) is 1. The summed E-state index contributed by atoms with van der Waals surface area (Å²) >= 11 is 2.92. The van der Waals surface area contributed by atoms with Crippen LogP contribution in [0.4, 0.5) is 0 Å². The molecule has 1 amide bonds. The van der Waals surface area contributed by atoms with Gasteiger partial charge in [-0.3, -0.25) is 14.2 Å². The van der Waals surface area contributed by atoms with Gasteiger partial charge in [-0.05, 0) is 42.5 Å². The fourth-order valence-corrected chi connectivity index (χ4v) is 5.18. The minimum Gasteiger partial charge on any atom is -0.344 e. The molecular weight excluding hydrogens is 438 g/mol. The predicted octanol–water partition coefficient (Wildman–Crippen LogP) is 5.17. The first-order chi connectivity index (χ1) is 15.6. The third-order valence-electron chi connectivity index (χ3n) is 5.15. The van der Waals surface area contributed by atoms with Crippen molar-refractivity contribution >= 4 is 39.9 Å². The van der Waals surface area contributed by atoms with Gasteiger partial charge in [0.15, 0.2) is 5.16 Å². The Labute approximate surface area is 195 Å². The molecule has 0 saturated heterocycles. The molecule has 4 aromatic rings. The van der Waals surface area contributed by atoms with Crippen LogP contribution in [0.2, 0.25) is 0 Å². The zero-order valence-corrected chi connectivity index (χ0v) is 19.7. The van der Waals surface area contributed by atoms with E-state index in [4.69, 9.17) is 0 Å². The average molecular weight is 464 g/mol. The van der Waals surface area contributed by atoms with E-state index in [-0.39, 0.29) is 23.3 Å². The standard InChI is InChI=1S/C25H25N3O2S2/c1-3-14-28-24(30)19-7-4-5-8-20(19)26-25(28)32-16-22(29)27-23(21-9-6-15-31-21)18-12-10-17(2)11-13-18/h4-13,15,23H,3,14,16H2,1-2H3,(H,27,29). The number of fused-ring (bicyclic) bond motifs is 1. The van der Waals surface area contributed by atoms with Gasteiger partial charge in [-0.25, -0.2) is 4.98 Å². The quantitative estimate of drug-likeness (QED) is 0.289. The Bertz CT molecular complexity index is 1260. The maximum atomic E-state index is 12.9. The van der Waals surface area contributed by atoms with Crippen molar-refractivity contribution < 1.29 is 4.79 Å². The van der Waals surface area contributed by atoms with Crippen LogP contribution in [0.15, 0.2) is 76.0 Å². The number of carbonyl (C=O) groups is 1. The molecule has 0 aliphatic heterocycles. The number of aromatic nitrogens is 2. The number of aryl methyl sites for hydroxylation is 1. The van der Waals surface area contributed by atoms with Gasteiger partial charge in [0.25, 0.3) is 5.56 Å². The number of hydrogen-bond acceptors (Lipinski definition) is 5. The van der Waals surface area contributed by atoms with Crippen molar-refractivity contribution in [1.29, 1.82) is 0 Å². The maximum Gasteiger partial charge on any atom is 0.262 e. The zero-order chi connectivity index (χ0) is 22.5. The number of rotatable bonds is 8. The largest absolute Gasteiger partial charge is 0.344 e. The number of benzene rings is 2. The Hall–Kier alpha value is -2.90. The maximum absolute atomic E-state index is 12.9. The summed E-state index contributed by atoms with van der Waals surface area (Å²) in [5.74, 6) is 0.0850. The van der Waals surface area contributed by atoms with E-state index in [0.29, 0.717) is 22.6 Å². The second-order valence-corrected chi connectivity index (χ2v) is 9.51. The van der Waals surface area contributed by atoms with Gasteiger partial charge >= 0.3 is 0 Å². The van der Waals surface area contributed by atoms with Gasteiger partial charge in [-0.1, -0.05) is 66.7 Å². The number of nitrogens with zero attached hydrogens (tertiary/aromatic N) is 2. The van der Waals surface area contributed by atoms with E-state index < -0.39 is 0 Å². The first-order valence-electron chi connectivity index (χ1n) is 10.6. The number of thiophene rings is 1. The van der Waals surface area contributed by atoms with Crippen molar-refractivity contribution in [3.05, 3.63) is 92.4 Å². The van der Waals surface area contributed by atoms with Crippen LogP contribution in [-0.2, 0) is 11.3 Å². The molecule has 7 heteroatoms. The summed E-state index contributed by atoms with van der Waals surface area (Å²) in [6.07, 6.45) is 0.813. The molecule has 0 aliphatic rings. The Balaban J connectivity index is 1.55. The third-order valence-corrected chi connectivity index (χ3v) is 7.06. The van der Waals surface area contributed by atoms with E-state index in [1.165, 1.54) is 17.3 Å². The highest BCUT2D eigenvalue weighted by atomic mass is 32.2. The highest BCUT2D eigenvalue weighted by molar-refractivity contribution is 7.99. The fraction of sp³-hybridized carbons (Fsp3) is 0.240. The summed E-state index contributed by atoms with van der Waals surface area (Å²) in [6.45, 7) is 4.64. The third kappa shape index (κ3) is 4.95. The summed E-state index contributed by atoms with van der Waals surface area (Å²) in [4.78, 5) is 31.6. The number of thioether (sulfide) groups is 1. The molecule has 32 heavy (non-hydrogen) atoms. The van der Waals surface area contributed by atoms with E-state index in [9.17, 15) is 9.59 Å². The van der Waals surface area contributed by atoms with Crippen molar-refractivity contribution in [1.82, 2.24) is 14.9 Å². The van der Waals surface area contributed by atoms with E-state index >= 15 is 0 Å². The molecule has 0 spiro atoms. The molecule has 5 nitrogen and oxygen atoms in total. The first kappa shape index (κ1) is 22.3. The van der Waals surface area contributed by atoms with Gasteiger partial charge in [0.05, 0.1) is 22.7 Å². The number of carbonyl (C=O) groups excluding carboxylic acids is 1. The van der Waals surface area contributed by atoms with Gasteiger partial charge < -0.3 is 5.32 Å². The molecule has 1 atom stereocenters. The molecule has 0 aliphatic carbocycles. The van der Waals surface area contributed by atoms with Gasteiger partial charge in [0.1, 0.15) is 0 Å². The molecule has 2 aromatic heterocycles. The monoisotopic (exact) mass is 463 g/mol. The highest BCUT2D eigenvalue weighted by Crippen LogP contribution is 2.27. The molecule has 0 radical (unpaired) electrons. The zero-order valence-electron chi connectivity index (χ0n) is 18.1. The average Bonchev–Trinajstić information content (AvgIpc) is 3.34. The summed E-state index contributed by atoms with van der Waals surface area (Å²) in [5.41, 5.74) is 2.82. The highest BCUT2D eigenvalue weighted by Gasteiger charge is 2.19. The second kappa shape index (κ2) is 10.1. The molecule has 1 unspecified atom stereocenters. The molecule has 4 rings (SSSR count). The van der Waals surface area contributed by atoms with Crippen LogP contribution in [0.25, 0.3) is 10.9 Å². The van der Waals surface area contributed by atoms with Crippen molar-refractivity contribution in [2.45, 2.75) is 38.0 Å². The summed E-state index contributed by atoms with van der Waals surface area (Å²) in [7, 11) is 0. The van der Waals surface area contributed by atoms with Crippen LogP contribution in [-0.4, -0.2) is 21.2 Å². The molecule has 164 valence electrons. The minimum atomic E-state index is -0.203. The topological polar surface area (TPSA) is 64.0 Å². The lowest BCUT2D eigenvalue weighted by molar-refractivity contribution is -0.119. The van der Waals surface area contributed by atoms with Crippen molar-refractivity contribution in [3.8, 4) is 0 Å². The Morgan fingerprint density at radius 3 is 2.62 bits per heavy atom. The normalized spacial score (nSPS) is 12.1. The summed E-state index contributed by atoms with van der Waals surface area (Å²) in [6, 6.07) is 19.4. The summed E-state index contributed by atoms with van der Waals surface area (Å²) < 4.78 is 1.68. The lowest BCUT2D eigenvalue weighted by atomic mass is 10.0. The molecule has 2 heterocycles. The van der Waals surface area contributed by atoms with Crippen LogP contribution in [0.1, 0.15) is 35.4 Å². The van der Waals surface area contributed by atoms with Crippen LogP contribution in [0.3, 0.4) is 0 Å². The van der Waals surface area contributed by atoms with Crippen LogP contribution in [0.5, 0.6) is 0 Å². The van der Waals surface area contributed by atoms with Crippen LogP contribution >= 0.6 is 23.1 Å². The van der Waals surface area contributed by atoms with E-state index in [2.05, 4.69) is 34.6 Å². The van der Waals surface area contributed by atoms with E-state index in [0.717, 1.165) is 16.9 Å². The number of para-hydroxylation sites is 1. The van der Waals surface area contributed by atoms with E-state index in [1.807, 2.05) is 49.6 Å². The van der Waals surface area contributed by atoms with Crippen molar-refractivity contribution in [3.63, 3.8) is 0 Å². The second-order valence-electron chi connectivity index (χ2n) is 7.58. The number of nitrogens with one attached hydrogen (secondary N) is 1. The van der Waals surface area contributed by atoms with Gasteiger partial charge in [-0.15, -0.1) is 11.3 Å². The molecule has 0 saturated carbocycles. The lowest BCUT2D eigenvalue weighted by Crippen LogP contribution is -2.31. The molecule has 2 aromatic carbocycles. The number of amides is 1. The lowest BCUT2D eigenvalue weighted by Gasteiger charge is -2.19. The Kier molecular flexibility index (Phi) is 7.07. The molecular formula is C25H25N3O2S2. The smallest absolute Gasteiger partial charge is 0.262 e. The summed E-state index contributed by atoms with van der Waals surface area (Å²) in [5, 5.41) is 6.36. The van der Waals surface area contributed by atoms with Gasteiger partial charge in [0, 0.05) is 11.4 Å². The van der Waals surface area contributed by atoms with Gasteiger partial charge in [0.2, 0.25) is 5.91 Å². The molecule has 1 N–H and O–H groups in total. The Morgan fingerprint density at radius 1 is 1.12 bits per heavy atom. The predicted molar refractivity (Wildman–Crippen MR) is 133 cm³/mol. The fourth-order valence-electron chi connectivity index (χ4n) is 3.54. The van der Waals surface area contributed by atoms with E-state index in [1.54, 1.807) is 22.0 Å². The Morgan fingerprint density at radius 2 is 1.91 bits per heavy atom. The molecule has 0 bridgehead atoms. The SMILES string of the molecule is CCCn1c(SCC(=O)NC(c2ccc(C)cc2)c2cccs2)nc2ccccc2c1=O. The van der Waals surface area contributed by atoms with Gasteiger partial charge in [-0.2, -0.15) is 0 Å². The van der Waals surface area contributed by atoms with Crippen LogP contribution < -0.4 is 10.9 Å². The first-order valence-corrected chi connectivity index (χ1v) is 12.4.